The number of ether oxygens (including phenoxy) is 1. The molecule has 3 N–H and O–H groups in total. The molecule has 1 rings (SSSR count). The fourth-order valence-corrected chi connectivity index (χ4v) is 1.34. The number of carbonyl (C=O) groups excluding carboxylic acids is 2. The maximum absolute atomic E-state index is 11.6. The lowest BCUT2D eigenvalue weighted by molar-refractivity contribution is -0.155. The van der Waals surface area contributed by atoms with Crippen molar-refractivity contribution in [2.45, 2.75) is 39.2 Å². The molecule has 1 heterocycles. The minimum atomic E-state index is -0.540. The van der Waals surface area contributed by atoms with Crippen molar-refractivity contribution in [2.24, 2.45) is 0 Å². The van der Waals surface area contributed by atoms with E-state index in [1.807, 2.05) is 0 Å². The zero-order valence-electron chi connectivity index (χ0n) is 11.4. The number of nitrogen functional groups attached to an aromatic ring is 1. The zero-order chi connectivity index (χ0) is 14.5. The Balaban J connectivity index is 2.41. The molecule has 0 unspecified atom stereocenters. The Labute approximate surface area is 112 Å². The van der Waals surface area contributed by atoms with Gasteiger partial charge in [-0.25, -0.2) is 4.98 Å². The van der Waals surface area contributed by atoms with E-state index in [1.165, 1.54) is 6.20 Å². The third kappa shape index (κ3) is 5.85. The van der Waals surface area contributed by atoms with Crippen molar-refractivity contribution in [2.75, 3.05) is 11.1 Å². The summed E-state index contributed by atoms with van der Waals surface area (Å²) in [7, 11) is 0. The molecule has 0 aromatic carbocycles. The van der Waals surface area contributed by atoms with Gasteiger partial charge in [-0.15, -0.1) is 0 Å². The summed E-state index contributed by atoms with van der Waals surface area (Å²) in [4.78, 5) is 26.9. The van der Waals surface area contributed by atoms with E-state index in [-0.39, 0.29) is 24.6 Å². The van der Waals surface area contributed by atoms with E-state index in [4.69, 9.17) is 10.5 Å². The minimum absolute atomic E-state index is 0.0310. The fraction of sp³-hybridized carbons (Fsp3) is 0.462. The summed E-state index contributed by atoms with van der Waals surface area (Å²) >= 11 is 0. The molecule has 6 heteroatoms. The van der Waals surface area contributed by atoms with Crippen LogP contribution in [0.2, 0.25) is 0 Å². The van der Waals surface area contributed by atoms with E-state index >= 15 is 0 Å². The van der Waals surface area contributed by atoms with Crippen molar-refractivity contribution in [1.82, 2.24) is 4.98 Å². The molecule has 0 spiro atoms. The summed E-state index contributed by atoms with van der Waals surface area (Å²) in [6.45, 7) is 5.34. The molecule has 104 valence electrons. The van der Waals surface area contributed by atoms with Crippen LogP contribution in [0.25, 0.3) is 0 Å². The van der Waals surface area contributed by atoms with Crippen LogP contribution in [0.5, 0.6) is 0 Å². The van der Waals surface area contributed by atoms with Gasteiger partial charge in [0.1, 0.15) is 11.4 Å². The summed E-state index contributed by atoms with van der Waals surface area (Å²) < 4.78 is 5.11. The van der Waals surface area contributed by atoms with Crippen molar-refractivity contribution < 1.29 is 14.3 Å². The molecule has 0 aliphatic carbocycles. The number of nitrogens with one attached hydrogen (secondary N) is 1. The van der Waals surface area contributed by atoms with E-state index < -0.39 is 11.6 Å². The number of rotatable bonds is 4. The number of aromatic nitrogens is 1. The number of carbonyl (C=O) groups is 2. The van der Waals surface area contributed by atoms with E-state index in [0.717, 1.165) is 0 Å². The quantitative estimate of drug-likeness (QED) is 0.808. The van der Waals surface area contributed by atoms with Gasteiger partial charge in [0.2, 0.25) is 5.91 Å². The van der Waals surface area contributed by atoms with Gasteiger partial charge in [0.05, 0.1) is 12.1 Å². The molecule has 0 radical (unpaired) electrons. The Hall–Kier alpha value is -2.11. The molecule has 0 saturated carbocycles. The van der Waals surface area contributed by atoms with E-state index in [0.29, 0.717) is 5.69 Å². The Morgan fingerprint density at radius 3 is 2.63 bits per heavy atom. The predicted octanol–water partition coefficient (Wildman–Crippen LogP) is 1.72. The van der Waals surface area contributed by atoms with Gasteiger partial charge < -0.3 is 15.8 Å². The lowest BCUT2D eigenvalue weighted by Crippen LogP contribution is -2.24. The Morgan fingerprint density at radius 2 is 2.05 bits per heavy atom. The number of amides is 1. The Kier molecular flexibility index (Phi) is 4.86. The van der Waals surface area contributed by atoms with Crippen LogP contribution in [-0.2, 0) is 14.3 Å². The predicted molar refractivity (Wildman–Crippen MR) is 72.4 cm³/mol. The lowest BCUT2D eigenvalue weighted by Gasteiger charge is -2.19. The number of pyridine rings is 1. The summed E-state index contributed by atoms with van der Waals surface area (Å²) in [5.74, 6) is -0.458. The largest absolute Gasteiger partial charge is 0.460 e. The Bertz CT molecular complexity index is 466. The highest BCUT2D eigenvalue weighted by molar-refractivity contribution is 5.94. The van der Waals surface area contributed by atoms with Crippen LogP contribution >= 0.6 is 0 Å². The molecule has 1 aromatic rings. The number of nitrogens with two attached hydrogens (primary N) is 1. The van der Waals surface area contributed by atoms with Crippen LogP contribution in [0.15, 0.2) is 18.3 Å². The third-order valence-corrected chi connectivity index (χ3v) is 2.09. The van der Waals surface area contributed by atoms with Gasteiger partial charge >= 0.3 is 5.97 Å². The van der Waals surface area contributed by atoms with Crippen molar-refractivity contribution >= 4 is 23.4 Å². The van der Waals surface area contributed by atoms with Crippen molar-refractivity contribution in [3.05, 3.63) is 18.3 Å². The van der Waals surface area contributed by atoms with Crippen LogP contribution in [0, 0.1) is 0 Å². The molecular weight excluding hydrogens is 246 g/mol. The normalized spacial score (nSPS) is 10.9. The van der Waals surface area contributed by atoms with Crippen LogP contribution in [-0.4, -0.2) is 22.5 Å². The number of esters is 1. The van der Waals surface area contributed by atoms with Crippen molar-refractivity contribution in [3.63, 3.8) is 0 Å². The van der Waals surface area contributed by atoms with Crippen molar-refractivity contribution in [3.8, 4) is 0 Å². The van der Waals surface area contributed by atoms with Gasteiger partial charge in [0, 0.05) is 12.6 Å². The summed E-state index contributed by atoms with van der Waals surface area (Å²) in [6, 6.07) is 3.31. The third-order valence-electron chi connectivity index (χ3n) is 2.09. The van der Waals surface area contributed by atoms with E-state index in [1.54, 1.807) is 32.9 Å². The van der Waals surface area contributed by atoms with Gasteiger partial charge in [-0.3, -0.25) is 9.59 Å². The highest BCUT2D eigenvalue weighted by atomic mass is 16.6. The average molecular weight is 265 g/mol. The average Bonchev–Trinajstić information content (AvgIpc) is 2.27. The van der Waals surface area contributed by atoms with Crippen molar-refractivity contribution in [1.29, 1.82) is 0 Å². The second kappa shape index (κ2) is 6.17. The highest BCUT2D eigenvalue weighted by Crippen LogP contribution is 2.14. The molecular formula is C13H19N3O3. The lowest BCUT2D eigenvalue weighted by atomic mass is 10.2. The van der Waals surface area contributed by atoms with Gasteiger partial charge in [-0.2, -0.15) is 0 Å². The monoisotopic (exact) mass is 265 g/mol. The first-order valence-corrected chi connectivity index (χ1v) is 6.00. The Morgan fingerprint density at radius 1 is 1.37 bits per heavy atom. The SMILES string of the molecule is CC(C)(C)OC(=O)CCC(=O)Nc1cccnc1N. The molecule has 19 heavy (non-hydrogen) atoms. The number of nitrogens with zero attached hydrogens (tertiary/aromatic N) is 1. The maximum Gasteiger partial charge on any atom is 0.306 e. The topological polar surface area (TPSA) is 94.3 Å². The standard InChI is InChI=1S/C13H19N3O3/c1-13(2,3)19-11(18)7-6-10(17)16-9-5-4-8-15-12(9)14/h4-5,8H,6-7H2,1-3H3,(H2,14,15)(H,16,17). The number of anilines is 2. The molecule has 0 aliphatic rings. The smallest absolute Gasteiger partial charge is 0.306 e. The van der Waals surface area contributed by atoms with Crippen LogP contribution in [0.1, 0.15) is 33.6 Å². The summed E-state index contributed by atoms with van der Waals surface area (Å²) in [5.41, 5.74) is 5.49. The molecule has 1 amide bonds. The molecule has 6 nitrogen and oxygen atoms in total. The second-order valence-electron chi connectivity index (χ2n) is 5.07. The summed E-state index contributed by atoms with van der Waals surface area (Å²) in [5, 5.41) is 2.59. The van der Waals surface area contributed by atoms with Gasteiger partial charge in [-0.05, 0) is 32.9 Å². The minimum Gasteiger partial charge on any atom is -0.460 e. The van der Waals surface area contributed by atoms with Gasteiger partial charge in [-0.1, -0.05) is 0 Å². The molecule has 0 saturated heterocycles. The zero-order valence-corrected chi connectivity index (χ0v) is 11.4. The molecule has 0 atom stereocenters. The van der Waals surface area contributed by atoms with Crippen LogP contribution < -0.4 is 11.1 Å². The number of hydrogen-bond acceptors (Lipinski definition) is 5. The first-order valence-electron chi connectivity index (χ1n) is 6.00. The molecule has 0 fully saturated rings. The van der Waals surface area contributed by atoms with Crippen LogP contribution in [0.4, 0.5) is 11.5 Å². The second-order valence-corrected chi connectivity index (χ2v) is 5.07. The van der Waals surface area contributed by atoms with Gasteiger partial charge in [0.25, 0.3) is 0 Å². The molecule has 1 aromatic heterocycles. The van der Waals surface area contributed by atoms with Gasteiger partial charge in [0.15, 0.2) is 0 Å². The number of hydrogen-bond donors (Lipinski definition) is 2. The molecule has 0 aliphatic heterocycles. The van der Waals surface area contributed by atoms with E-state index in [2.05, 4.69) is 10.3 Å². The van der Waals surface area contributed by atoms with Crippen LogP contribution in [0.3, 0.4) is 0 Å². The molecule has 0 bridgehead atoms. The highest BCUT2D eigenvalue weighted by Gasteiger charge is 2.17. The maximum atomic E-state index is 11.6. The van der Waals surface area contributed by atoms with E-state index in [9.17, 15) is 9.59 Å². The first-order chi connectivity index (χ1) is 8.78. The fourth-order valence-electron chi connectivity index (χ4n) is 1.34. The summed E-state index contributed by atoms with van der Waals surface area (Å²) in [6.07, 6.45) is 1.61. The first kappa shape index (κ1) is 14.9.